The van der Waals surface area contributed by atoms with Gasteiger partial charge in [0.05, 0.1) is 13.2 Å². The van der Waals surface area contributed by atoms with Crippen LogP contribution in [0.5, 0.6) is 0 Å². The Morgan fingerprint density at radius 1 is 1.00 bits per heavy atom. The molecule has 1 saturated carbocycles. The van der Waals surface area contributed by atoms with Crippen LogP contribution in [-0.4, -0.2) is 53.2 Å². The molecule has 1 fully saturated rings. The van der Waals surface area contributed by atoms with E-state index >= 15 is 0 Å². The monoisotopic (exact) mass is 259 g/mol. The number of ether oxygens (including phenoxy) is 3. The Kier molecular flexibility index (Phi) is 9.48. The van der Waals surface area contributed by atoms with Crippen LogP contribution in [0.25, 0.3) is 0 Å². The second-order valence-electron chi connectivity index (χ2n) is 4.95. The van der Waals surface area contributed by atoms with Gasteiger partial charge in [-0.05, 0) is 38.6 Å². The Labute approximate surface area is 111 Å². The van der Waals surface area contributed by atoms with E-state index in [1.54, 1.807) is 7.11 Å². The third-order valence-corrected chi connectivity index (χ3v) is 3.67. The van der Waals surface area contributed by atoms with Gasteiger partial charge < -0.3 is 19.5 Å². The van der Waals surface area contributed by atoms with Crippen molar-refractivity contribution < 1.29 is 14.2 Å². The minimum Gasteiger partial charge on any atom is -0.382 e. The fourth-order valence-electron chi connectivity index (χ4n) is 2.61. The fourth-order valence-corrected chi connectivity index (χ4v) is 2.61. The van der Waals surface area contributed by atoms with Gasteiger partial charge in [-0.15, -0.1) is 0 Å². The van der Waals surface area contributed by atoms with Crippen LogP contribution in [0, 0.1) is 5.92 Å². The maximum absolute atomic E-state index is 5.66. The van der Waals surface area contributed by atoms with E-state index in [0.717, 1.165) is 32.2 Å². The minimum atomic E-state index is 0.675. The Bertz CT molecular complexity index is 190. The summed E-state index contributed by atoms with van der Waals surface area (Å²) in [6.07, 6.45) is 6.22. The van der Waals surface area contributed by atoms with E-state index < -0.39 is 0 Å². The molecule has 2 unspecified atom stereocenters. The third-order valence-electron chi connectivity index (χ3n) is 3.67. The molecule has 1 rings (SSSR count). The van der Waals surface area contributed by atoms with Gasteiger partial charge in [-0.25, -0.2) is 0 Å². The topological polar surface area (TPSA) is 39.7 Å². The van der Waals surface area contributed by atoms with Gasteiger partial charge in [0.2, 0.25) is 0 Å². The van der Waals surface area contributed by atoms with E-state index in [2.05, 4.69) is 12.4 Å². The quantitative estimate of drug-likeness (QED) is 0.575. The van der Waals surface area contributed by atoms with E-state index in [-0.39, 0.29) is 0 Å². The van der Waals surface area contributed by atoms with E-state index in [4.69, 9.17) is 14.2 Å². The van der Waals surface area contributed by atoms with E-state index in [0.29, 0.717) is 19.3 Å². The summed E-state index contributed by atoms with van der Waals surface area (Å²) in [7, 11) is 3.76. The van der Waals surface area contributed by atoms with Crippen LogP contribution in [0.2, 0.25) is 0 Å². The molecule has 0 spiro atoms. The molecule has 0 saturated heterocycles. The minimum absolute atomic E-state index is 0.675. The standard InChI is InChI=1S/C14H29NO3/c1-15-14-6-3-5-13(14)7-10-17-8-4-9-18-12-11-16-2/h13-15H,3-12H2,1-2H3. The van der Waals surface area contributed by atoms with Crippen molar-refractivity contribution in [2.45, 2.75) is 38.1 Å². The molecule has 1 aliphatic carbocycles. The van der Waals surface area contributed by atoms with E-state index in [1.807, 2.05) is 0 Å². The zero-order valence-electron chi connectivity index (χ0n) is 12.0. The molecular weight excluding hydrogens is 230 g/mol. The molecule has 108 valence electrons. The van der Waals surface area contributed by atoms with Crippen LogP contribution in [-0.2, 0) is 14.2 Å². The highest BCUT2D eigenvalue weighted by Gasteiger charge is 2.24. The van der Waals surface area contributed by atoms with Crippen LogP contribution >= 0.6 is 0 Å². The Morgan fingerprint density at radius 2 is 1.78 bits per heavy atom. The lowest BCUT2D eigenvalue weighted by molar-refractivity contribution is 0.0489. The SMILES string of the molecule is CNC1CCCC1CCOCCCOCCOC. The molecule has 0 radical (unpaired) electrons. The molecule has 0 aliphatic heterocycles. The summed E-state index contributed by atoms with van der Waals surface area (Å²) in [6, 6.07) is 0.714. The molecule has 18 heavy (non-hydrogen) atoms. The first-order valence-electron chi connectivity index (χ1n) is 7.20. The van der Waals surface area contributed by atoms with Crippen molar-refractivity contribution >= 4 is 0 Å². The highest BCUT2D eigenvalue weighted by molar-refractivity contribution is 4.81. The van der Waals surface area contributed by atoms with Gasteiger partial charge in [-0.3, -0.25) is 0 Å². The summed E-state index contributed by atoms with van der Waals surface area (Å²) < 4.78 is 15.9. The van der Waals surface area contributed by atoms with Gasteiger partial charge in [0, 0.05) is 33.0 Å². The highest BCUT2D eigenvalue weighted by atomic mass is 16.5. The van der Waals surface area contributed by atoms with Gasteiger partial charge in [-0.2, -0.15) is 0 Å². The zero-order chi connectivity index (χ0) is 13.1. The van der Waals surface area contributed by atoms with E-state index in [9.17, 15) is 0 Å². The number of methoxy groups -OCH3 is 1. The summed E-state index contributed by atoms with van der Waals surface area (Å²) in [6.45, 7) is 3.83. The lowest BCUT2D eigenvalue weighted by Gasteiger charge is -2.18. The van der Waals surface area contributed by atoms with Gasteiger partial charge in [0.1, 0.15) is 0 Å². The van der Waals surface area contributed by atoms with Crippen LogP contribution in [0.1, 0.15) is 32.1 Å². The van der Waals surface area contributed by atoms with Crippen molar-refractivity contribution in [1.29, 1.82) is 0 Å². The fraction of sp³-hybridized carbons (Fsp3) is 1.00. The lowest BCUT2D eigenvalue weighted by Crippen LogP contribution is -2.29. The molecule has 0 aromatic heterocycles. The Balaban J connectivity index is 1.83. The summed E-state index contributed by atoms with van der Waals surface area (Å²) in [5.41, 5.74) is 0. The van der Waals surface area contributed by atoms with Crippen molar-refractivity contribution in [2.24, 2.45) is 5.92 Å². The van der Waals surface area contributed by atoms with Crippen LogP contribution in [0.15, 0.2) is 0 Å². The predicted octanol–water partition coefficient (Wildman–Crippen LogP) is 1.83. The normalized spacial score (nSPS) is 23.7. The summed E-state index contributed by atoms with van der Waals surface area (Å²) in [5, 5.41) is 3.41. The molecule has 1 N–H and O–H groups in total. The molecule has 2 atom stereocenters. The van der Waals surface area contributed by atoms with Gasteiger partial charge in [0.25, 0.3) is 0 Å². The zero-order valence-corrected chi connectivity index (χ0v) is 12.0. The van der Waals surface area contributed by atoms with Gasteiger partial charge in [0.15, 0.2) is 0 Å². The summed E-state index contributed by atoms with van der Waals surface area (Å²) in [4.78, 5) is 0. The van der Waals surface area contributed by atoms with Crippen molar-refractivity contribution in [3.8, 4) is 0 Å². The highest BCUT2D eigenvalue weighted by Crippen LogP contribution is 2.27. The number of rotatable bonds is 11. The molecule has 0 aromatic rings. The van der Waals surface area contributed by atoms with E-state index in [1.165, 1.54) is 25.7 Å². The number of hydrogen-bond donors (Lipinski definition) is 1. The molecule has 0 heterocycles. The van der Waals surface area contributed by atoms with Crippen LogP contribution < -0.4 is 5.32 Å². The predicted molar refractivity (Wildman–Crippen MR) is 72.9 cm³/mol. The summed E-state index contributed by atoms with van der Waals surface area (Å²) in [5.74, 6) is 0.813. The molecule has 1 aliphatic rings. The van der Waals surface area contributed by atoms with Crippen molar-refractivity contribution in [3.63, 3.8) is 0 Å². The first-order chi connectivity index (χ1) is 8.88. The average molecular weight is 259 g/mol. The largest absolute Gasteiger partial charge is 0.382 e. The van der Waals surface area contributed by atoms with Gasteiger partial charge >= 0.3 is 0 Å². The molecule has 4 heteroatoms. The van der Waals surface area contributed by atoms with Crippen LogP contribution in [0.3, 0.4) is 0 Å². The van der Waals surface area contributed by atoms with Crippen LogP contribution in [0.4, 0.5) is 0 Å². The van der Waals surface area contributed by atoms with Gasteiger partial charge in [-0.1, -0.05) is 6.42 Å². The second kappa shape index (κ2) is 10.7. The Hall–Kier alpha value is -0.160. The molecule has 0 aromatic carbocycles. The smallest absolute Gasteiger partial charge is 0.0700 e. The maximum atomic E-state index is 5.66. The molecular formula is C14H29NO3. The maximum Gasteiger partial charge on any atom is 0.0700 e. The lowest BCUT2D eigenvalue weighted by atomic mass is 10.0. The number of hydrogen-bond acceptors (Lipinski definition) is 4. The summed E-state index contributed by atoms with van der Waals surface area (Å²) >= 11 is 0. The second-order valence-corrected chi connectivity index (χ2v) is 4.95. The molecule has 4 nitrogen and oxygen atoms in total. The first-order valence-corrected chi connectivity index (χ1v) is 7.20. The van der Waals surface area contributed by atoms with Crippen molar-refractivity contribution in [2.75, 3.05) is 47.2 Å². The van der Waals surface area contributed by atoms with Crippen molar-refractivity contribution in [3.05, 3.63) is 0 Å². The number of nitrogens with one attached hydrogen (secondary N) is 1. The Morgan fingerprint density at radius 3 is 2.50 bits per heavy atom. The van der Waals surface area contributed by atoms with Crippen molar-refractivity contribution in [1.82, 2.24) is 5.32 Å². The third kappa shape index (κ3) is 6.69. The first kappa shape index (κ1) is 15.9. The molecule has 0 amide bonds. The average Bonchev–Trinajstić information content (AvgIpc) is 2.84. The molecule has 0 bridgehead atoms.